The number of hydrogen-bond acceptors (Lipinski definition) is 3. The van der Waals surface area contributed by atoms with E-state index in [0.29, 0.717) is 19.7 Å². The zero-order valence-corrected chi connectivity index (χ0v) is 7.62. The summed E-state index contributed by atoms with van der Waals surface area (Å²) in [6.45, 7) is 3.37. The number of carbonyl (C=O) groups is 1. The fraction of sp³-hybridized carbons (Fsp3) is 0.556. The SMILES string of the molecule is CCOC(=O)N1CCC(=CC#N)C1. The molecular formula is C9H12N2O2. The second-order valence-electron chi connectivity index (χ2n) is 2.80. The van der Waals surface area contributed by atoms with E-state index in [1.165, 1.54) is 6.08 Å². The number of amides is 1. The molecule has 1 heterocycles. The molecule has 70 valence electrons. The van der Waals surface area contributed by atoms with Crippen LogP contribution in [0.5, 0.6) is 0 Å². The van der Waals surface area contributed by atoms with Gasteiger partial charge in [-0.05, 0) is 18.9 Å². The highest BCUT2D eigenvalue weighted by Crippen LogP contribution is 2.15. The summed E-state index contributed by atoms with van der Waals surface area (Å²) in [7, 11) is 0. The molecule has 1 fully saturated rings. The Hall–Kier alpha value is -1.50. The molecule has 4 nitrogen and oxygen atoms in total. The highest BCUT2D eigenvalue weighted by Gasteiger charge is 2.21. The lowest BCUT2D eigenvalue weighted by Gasteiger charge is -2.13. The molecule has 1 saturated heterocycles. The van der Waals surface area contributed by atoms with Crippen LogP contribution in [0, 0.1) is 11.3 Å². The van der Waals surface area contributed by atoms with Crippen LogP contribution >= 0.6 is 0 Å². The van der Waals surface area contributed by atoms with Gasteiger partial charge in [0.2, 0.25) is 0 Å². The van der Waals surface area contributed by atoms with Crippen molar-refractivity contribution in [1.29, 1.82) is 5.26 Å². The van der Waals surface area contributed by atoms with E-state index in [-0.39, 0.29) is 6.09 Å². The molecule has 0 N–H and O–H groups in total. The van der Waals surface area contributed by atoms with Gasteiger partial charge in [0.1, 0.15) is 0 Å². The van der Waals surface area contributed by atoms with Crippen LogP contribution in [0.15, 0.2) is 11.6 Å². The summed E-state index contributed by atoms with van der Waals surface area (Å²) < 4.78 is 4.83. The number of ether oxygens (including phenoxy) is 1. The van der Waals surface area contributed by atoms with E-state index >= 15 is 0 Å². The van der Waals surface area contributed by atoms with Gasteiger partial charge >= 0.3 is 6.09 Å². The van der Waals surface area contributed by atoms with Crippen molar-refractivity contribution in [3.05, 3.63) is 11.6 Å². The van der Waals surface area contributed by atoms with Gasteiger partial charge in [0.15, 0.2) is 0 Å². The van der Waals surface area contributed by atoms with Crippen molar-refractivity contribution in [2.24, 2.45) is 0 Å². The van der Waals surface area contributed by atoms with Crippen LogP contribution in [0.2, 0.25) is 0 Å². The average Bonchev–Trinajstić information content (AvgIpc) is 2.54. The molecule has 1 aliphatic rings. The number of carbonyl (C=O) groups excluding carboxylic acids is 1. The molecule has 0 saturated carbocycles. The highest BCUT2D eigenvalue weighted by atomic mass is 16.6. The lowest BCUT2D eigenvalue weighted by molar-refractivity contribution is 0.116. The van der Waals surface area contributed by atoms with E-state index in [0.717, 1.165) is 12.0 Å². The summed E-state index contributed by atoms with van der Waals surface area (Å²) in [5, 5.41) is 8.39. The maximum absolute atomic E-state index is 11.2. The minimum Gasteiger partial charge on any atom is -0.450 e. The Balaban J connectivity index is 2.46. The summed E-state index contributed by atoms with van der Waals surface area (Å²) in [5.41, 5.74) is 0.996. The monoisotopic (exact) mass is 180 g/mol. The van der Waals surface area contributed by atoms with Crippen molar-refractivity contribution in [2.45, 2.75) is 13.3 Å². The van der Waals surface area contributed by atoms with Gasteiger partial charge in [0, 0.05) is 19.2 Å². The minimum atomic E-state index is -0.288. The van der Waals surface area contributed by atoms with Gasteiger partial charge in [-0.3, -0.25) is 0 Å². The second-order valence-corrected chi connectivity index (χ2v) is 2.80. The molecule has 0 spiro atoms. The van der Waals surface area contributed by atoms with Crippen molar-refractivity contribution in [3.63, 3.8) is 0 Å². The van der Waals surface area contributed by atoms with Crippen molar-refractivity contribution >= 4 is 6.09 Å². The molecule has 0 radical (unpaired) electrons. The predicted molar refractivity (Wildman–Crippen MR) is 46.9 cm³/mol. The van der Waals surface area contributed by atoms with E-state index in [1.807, 2.05) is 6.07 Å². The van der Waals surface area contributed by atoms with Crippen molar-refractivity contribution in [1.82, 2.24) is 4.90 Å². The minimum absolute atomic E-state index is 0.288. The van der Waals surface area contributed by atoms with Crippen LogP contribution in [-0.4, -0.2) is 30.7 Å². The lowest BCUT2D eigenvalue weighted by atomic mass is 10.2. The predicted octanol–water partition coefficient (Wildman–Crippen LogP) is 1.30. The molecule has 0 aliphatic carbocycles. The number of nitriles is 1. The van der Waals surface area contributed by atoms with Crippen LogP contribution in [0.4, 0.5) is 4.79 Å². The highest BCUT2D eigenvalue weighted by molar-refractivity contribution is 5.68. The molecular weight excluding hydrogens is 168 g/mol. The van der Waals surface area contributed by atoms with E-state index in [1.54, 1.807) is 11.8 Å². The first-order valence-corrected chi connectivity index (χ1v) is 4.27. The Morgan fingerprint density at radius 1 is 1.85 bits per heavy atom. The topological polar surface area (TPSA) is 53.3 Å². The van der Waals surface area contributed by atoms with Crippen LogP contribution in [0.25, 0.3) is 0 Å². The van der Waals surface area contributed by atoms with Crippen molar-refractivity contribution in [3.8, 4) is 6.07 Å². The molecule has 1 rings (SSSR count). The molecule has 4 heteroatoms. The summed E-state index contributed by atoms with van der Waals surface area (Å²) >= 11 is 0. The van der Waals surface area contributed by atoms with Crippen LogP contribution in [0.3, 0.4) is 0 Å². The molecule has 1 amide bonds. The first kappa shape index (κ1) is 9.59. The first-order chi connectivity index (χ1) is 6.27. The standard InChI is InChI=1S/C9H12N2O2/c1-2-13-9(12)11-6-4-8(7-11)3-5-10/h3H,2,4,6-7H2,1H3. The Morgan fingerprint density at radius 3 is 3.23 bits per heavy atom. The normalized spacial score (nSPS) is 18.8. The van der Waals surface area contributed by atoms with Crippen LogP contribution in [-0.2, 0) is 4.74 Å². The molecule has 1 aliphatic heterocycles. The zero-order valence-electron chi connectivity index (χ0n) is 7.62. The van der Waals surface area contributed by atoms with Crippen LogP contribution < -0.4 is 0 Å². The third kappa shape index (κ3) is 2.48. The zero-order chi connectivity index (χ0) is 9.68. The Kier molecular flexibility index (Phi) is 3.32. The number of rotatable bonds is 1. The number of allylic oxidation sites excluding steroid dienone is 1. The summed E-state index contributed by atoms with van der Waals surface area (Å²) in [6, 6.07) is 1.96. The summed E-state index contributed by atoms with van der Waals surface area (Å²) in [5.74, 6) is 0. The smallest absolute Gasteiger partial charge is 0.410 e. The molecule has 0 aromatic carbocycles. The Bertz CT molecular complexity index is 265. The summed E-state index contributed by atoms with van der Waals surface area (Å²) in [4.78, 5) is 12.8. The third-order valence-electron chi connectivity index (χ3n) is 1.89. The third-order valence-corrected chi connectivity index (χ3v) is 1.89. The maximum atomic E-state index is 11.2. The molecule has 0 unspecified atom stereocenters. The van der Waals surface area contributed by atoms with E-state index < -0.39 is 0 Å². The number of nitrogens with zero attached hydrogens (tertiary/aromatic N) is 2. The van der Waals surface area contributed by atoms with Gasteiger partial charge in [0.05, 0.1) is 12.7 Å². The fourth-order valence-corrected chi connectivity index (χ4v) is 1.26. The van der Waals surface area contributed by atoms with Crippen LogP contribution in [0.1, 0.15) is 13.3 Å². The molecule has 13 heavy (non-hydrogen) atoms. The van der Waals surface area contributed by atoms with Crippen molar-refractivity contribution < 1.29 is 9.53 Å². The second kappa shape index (κ2) is 4.51. The summed E-state index contributed by atoms with van der Waals surface area (Å²) in [6.07, 6.45) is 2.00. The molecule has 0 atom stereocenters. The Labute approximate surface area is 77.4 Å². The van der Waals surface area contributed by atoms with E-state index in [4.69, 9.17) is 10.00 Å². The maximum Gasteiger partial charge on any atom is 0.410 e. The fourth-order valence-electron chi connectivity index (χ4n) is 1.26. The lowest BCUT2D eigenvalue weighted by Crippen LogP contribution is -2.28. The number of likely N-dealkylation sites (tertiary alicyclic amines) is 1. The largest absolute Gasteiger partial charge is 0.450 e. The quantitative estimate of drug-likeness (QED) is 0.571. The van der Waals surface area contributed by atoms with E-state index in [2.05, 4.69) is 0 Å². The van der Waals surface area contributed by atoms with E-state index in [9.17, 15) is 4.79 Å². The van der Waals surface area contributed by atoms with Crippen molar-refractivity contribution in [2.75, 3.05) is 19.7 Å². The first-order valence-electron chi connectivity index (χ1n) is 4.27. The van der Waals surface area contributed by atoms with Gasteiger partial charge in [-0.1, -0.05) is 0 Å². The van der Waals surface area contributed by atoms with Gasteiger partial charge in [-0.15, -0.1) is 0 Å². The average molecular weight is 180 g/mol. The molecule has 0 aromatic rings. The van der Waals surface area contributed by atoms with Gasteiger partial charge < -0.3 is 9.64 Å². The molecule has 0 aromatic heterocycles. The van der Waals surface area contributed by atoms with Gasteiger partial charge in [0.25, 0.3) is 0 Å². The number of hydrogen-bond donors (Lipinski definition) is 0. The van der Waals surface area contributed by atoms with Gasteiger partial charge in [-0.25, -0.2) is 4.79 Å². The molecule has 0 bridgehead atoms. The Morgan fingerprint density at radius 2 is 2.62 bits per heavy atom. The van der Waals surface area contributed by atoms with Gasteiger partial charge in [-0.2, -0.15) is 5.26 Å².